The van der Waals surface area contributed by atoms with Gasteiger partial charge in [0.25, 0.3) is 0 Å². The molecule has 7 nitrogen and oxygen atoms in total. The number of carboxylic acids is 1. The van der Waals surface area contributed by atoms with Gasteiger partial charge in [-0.05, 0) is 25.7 Å². The predicted octanol–water partition coefficient (Wildman–Crippen LogP) is -0.376. The van der Waals surface area contributed by atoms with Crippen LogP contribution in [0.4, 0.5) is 4.79 Å². The van der Waals surface area contributed by atoms with Crippen LogP contribution in [0.2, 0.25) is 0 Å². The smallest absolute Gasteiger partial charge is 0.326 e. The van der Waals surface area contributed by atoms with Gasteiger partial charge in [0.05, 0.1) is 6.10 Å². The number of nitrogens with one attached hydrogen (secondary N) is 1. The lowest BCUT2D eigenvalue weighted by atomic mass is 9.92. The number of carboxylic acid groups (broad SMARTS) is 1. The molecule has 0 spiro atoms. The van der Waals surface area contributed by atoms with E-state index in [9.17, 15) is 14.7 Å². The molecule has 4 N–H and O–H groups in total. The number of hydrogen-bond donors (Lipinski definition) is 4. The van der Waals surface area contributed by atoms with Crippen LogP contribution in [0, 0.1) is 5.92 Å². The summed E-state index contributed by atoms with van der Waals surface area (Å²) in [5.74, 6) is -0.960. The first-order valence-electron chi connectivity index (χ1n) is 6.53. The highest BCUT2D eigenvalue weighted by atomic mass is 16.4. The molecule has 0 bridgehead atoms. The number of carbonyl (C=O) groups is 2. The van der Waals surface area contributed by atoms with Gasteiger partial charge >= 0.3 is 12.0 Å². The molecule has 19 heavy (non-hydrogen) atoms. The van der Waals surface area contributed by atoms with E-state index in [0.717, 1.165) is 0 Å². The van der Waals surface area contributed by atoms with Crippen LogP contribution >= 0.6 is 0 Å². The summed E-state index contributed by atoms with van der Waals surface area (Å²) in [5, 5.41) is 29.5. The van der Waals surface area contributed by atoms with Crippen molar-refractivity contribution in [2.24, 2.45) is 5.92 Å². The molecule has 0 aromatic rings. The molecule has 1 heterocycles. The van der Waals surface area contributed by atoms with E-state index in [0.29, 0.717) is 25.9 Å². The van der Waals surface area contributed by atoms with Crippen LogP contribution in [0.3, 0.4) is 0 Å². The molecule has 1 aliphatic rings. The van der Waals surface area contributed by atoms with Gasteiger partial charge in [-0.3, -0.25) is 0 Å². The number of nitrogens with zero attached hydrogens (tertiary/aromatic N) is 1. The Morgan fingerprint density at radius 3 is 2.37 bits per heavy atom. The average molecular weight is 274 g/mol. The maximum Gasteiger partial charge on any atom is 0.326 e. The normalized spacial score (nSPS) is 19.8. The number of piperidine rings is 1. The maximum atomic E-state index is 11.9. The van der Waals surface area contributed by atoms with Crippen molar-refractivity contribution in [3.05, 3.63) is 0 Å². The Balaban J connectivity index is 2.44. The second-order valence-electron chi connectivity index (χ2n) is 4.92. The third-order valence-corrected chi connectivity index (χ3v) is 3.52. The van der Waals surface area contributed by atoms with E-state index in [1.54, 1.807) is 11.8 Å². The molecular weight excluding hydrogens is 252 g/mol. The van der Waals surface area contributed by atoms with E-state index in [1.165, 1.54) is 0 Å². The fourth-order valence-electron chi connectivity index (χ4n) is 2.21. The molecule has 0 aliphatic carbocycles. The summed E-state index contributed by atoms with van der Waals surface area (Å²) < 4.78 is 0. The number of hydrogen-bond acceptors (Lipinski definition) is 4. The summed E-state index contributed by atoms with van der Waals surface area (Å²) in [5.41, 5.74) is 0. The van der Waals surface area contributed by atoms with Crippen molar-refractivity contribution in [3.63, 3.8) is 0 Å². The molecule has 1 rings (SSSR count). The Morgan fingerprint density at radius 2 is 1.95 bits per heavy atom. The molecule has 0 saturated carbocycles. The fourth-order valence-corrected chi connectivity index (χ4v) is 2.21. The van der Waals surface area contributed by atoms with Crippen molar-refractivity contribution in [3.8, 4) is 0 Å². The van der Waals surface area contributed by atoms with Gasteiger partial charge in [-0.2, -0.15) is 0 Å². The lowest BCUT2D eigenvalue weighted by Gasteiger charge is -2.33. The summed E-state index contributed by atoms with van der Waals surface area (Å²) >= 11 is 0. The number of aliphatic hydroxyl groups excluding tert-OH is 2. The van der Waals surface area contributed by atoms with Crippen molar-refractivity contribution in [1.29, 1.82) is 0 Å². The fraction of sp³-hybridized carbons (Fsp3) is 0.833. The van der Waals surface area contributed by atoms with E-state index in [4.69, 9.17) is 10.2 Å². The number of aliphatic carboxylic acids is 1. The Kier molecular flexibility index (Phi) is 6.04. The van der Waals surface area contributed by atoms with Crippen molar-refractivity contribution in [2.45, 2.75) is 38.3 Å². The standard InChI is InChI=1S/C12H22N2O5/c1-8(16)9-2-5-14(6-3-9)12(19)13-10(4-7-15)11(17)18/h8-10,15-16H,2-7H2,1H3,(H,13,19)(H,17,18)/t8?,10-/m0/s1. The van der Waals surface area contributed by atoms with Gasteiger partial charge in [0.2, 0.25) is 0 Å². The van der Waals surface area contributed by atoms with Crippen molar-refractivity contribution >= 4 is 12.0 Å². The molecule has 2 amide bonds. The van der Waals surface area contributed by atoms with Crippen LogP contribution in [-0.2, 0) is 4.79 Å². The number of rotatable bonds is 5. The third-order valence-electron chi connectivity index (χ3n) is 3.52. The zero-order chi connectivity index (χ0) is 14.4. The average Bonchev–Trinajstić information content (AvgIpc) is 2.38. The van der Waals surface area contributed by atoms with Gasteiger partial charge in [-0.1, -0.05) is 0 Å². The van der Waals surface area contributed by atoms with Gasteiger partial charge < -0.3 is 25.5 Å². The molecule has 110 valence electrons. The maximum absolute atomic E-state index is 11.9. The molecular formula is C12H22N2O5. The number of aliphatic hydroxyl groups is 2. The van der Waals surface area contributed by atoms with Gasteiger partial charge in [-0.15, -0.1) is 0 Å². The van der Waals surface area contributed by atoms with Crippen LogP contribution in [-0.4, -0.2) is 64.1 Å². The van der Waals surface area contributed by atoms with E-state index in [2.05, 4.69) is 5.32 Å². The van der Waals surface area contributed by atoms with E-state index >= 15 is 0 Å². The van der Waals surface area contributed by atoms with Crippen LogP contribution in [0.1, 0.15) is 26.2 Å². The van der Waals surface area contributed by atoms with Crippen LogP contribution in [0.15, 0.2) is 0 Å². The molecule has 2 atom stereocenters. The molecule has 0 aromatic carbocycles. The summed E-state index contributed by atoms with van der Waals surface area (Å²) in [6, 6.07) is -1.49. The van der Waals surface area contributed by atoms with Gasteiger partial charge in [-0.25, -0.2) is 9.59 Å². The summed E-state index contributed by atoms with van der Waals surface area (Å²) in [6.07, 6.45) is 1.03. The Labute approximate surface area is 112 Å². The Bertz CT molecular complexity index is 313. The molecule has 1 unspecified atom stereocenters. The molecule has 0 radical (unpaired) electrons. The van der Waals surface area contributed by atoms with Crippen LogP contribution in [0.5, 0.6) is 0 Å². The minimum absolute atomic E-state index is 0.00872. The highest BCUT2D eigenvalue weighted by molar-refractivity contribution is 5.82. The third kappa shape index (κ3) is 4.68. The lowest BCUT2D eigenvalue weighted by Crippen LogP contribution is -2.51. The zero-order valence-electron chi connectivity index (χ0n) is 11.1. The topological polar surface area (TPSA) is 110 Å². The van der Waals surface area contributed by atoms with Crippen LogP contribution in [0.25, 0.3) is 0 Å². The van der Waals surface area contributed by atoms with E-state index in [-0.39, 0.29) is 25.0 Å². The highest BCUT2D eigenvalue weighted by Gasteiger charge is 2.27. The lowest BCUT2D eigenvalue weighted by molar-refractivity contribution is -0.139. The van der Waals surface area contributed by atoms with Gasteiger partial charge in [0, 0.05) is 26.1 Å². The Morgan fingerprint density at radius 1 is 1.37 bits per heavy atom. The highest BCUT2D eigenvalue weighted by Crippen LogP contribution is 2.20. The first-order chi connectivity index (χ1) is 8.95. The Hall–Kier alpha value is -1.34. The van der Waals surface area contributed by atoms with Gasteiger partial charge in [0.15, 0.2) is 0 Å². The minimum Gasteiger partial charge on any atom is -0.480 e. The van der Waals surface area contributed by atoms with E-state index < -0.39 is 18.0 Å². The SMILES string of the molecule is CC(O)C1CCN(C(=O)N[C@@H](CCO)C(=O)O)CC1. The quantitative estimate of drug-likeness (QED) is 0.546. The minimum atomic E-state index is -1.15. The van der Waals surface area contributed by atoms with Gasteiger partial charge in [0.1, 0.15) is 6.04 Å². The first kappa shape index (κ1) is 15.7. The largest absolute Gasteiger partial charge is 0.480 e. The second kappa shape index (κ2) is 7.30. The molecule has 1 saturated heterocycles. The molecule has 0 aromatic heterocycles. The number of carbonyl (C=O) groups excluding carboxylic acids is 1. The van der Waals surface area contributed by atoms with Crippen molar-refractivity contribution in [2.75, 3.05) is 19.7 Å². The number of urea groups is 1. The van der Waals surface area contributed by atoms with E-state index in [1.807, 2.05) is 0 Å². The molecule has 1 fully saturated rings. The summed E-state index contributed by atoms with van der Waals surface area (Å²) in [4.78, 5) is 24.3. The van der Waals surface area contributed by atoms with Crippen LogP contribution < -0.4 is 5.32 Å². The van der Waals surface area contributed by atoms with Crippen molar-refractivity contribution in [1.82, 2.24) is 10.2 Å². The first-order valence-corrected chi connectivity index (χ1v) is 6.53. The second-order valence-corrected chi connectivity index (χ2v) is 4.92. The molecule has 7 heteroatoms. The van der Waals surface area contributed by atoms with Crippen molar-refractivity contribution < 1.29 is 24.9 Å². The monoisotopic (exact) mass is 274 g/mol. The summed E-state index contributed by atoms with van der Waals surface area (Å²) in [6.45, 7) is 2.46. The predicted molar refractivity (Wildman–Crippen MR) is 67.6 cm³/mol. The zero-order valence-corrected chi connectivity index (χ0v) is 11.1. The summed E-state index contributed by atoms with van der Waals surface area (Å²) in [7, 11) is 0. The number of likely N-dealkylation sites (tertiary alicyclic amines) is 1. The molecule has 1 aliphatic heterocycles. The number of amides is 2.